The molecule has 144 valence electrons. The predicted molar refractivity (Wildman–Crippen MR) is 98.6 cm³/mol. The molecule has 2 fully saturated rings. The zero-order valence-corrected chi connectivity index (χ0v) is 15.9. The Morgan fingerprint density at radius 2 is 2.07 bits per heavy atom. The van der Waals surface area contributed by atoms with Gasteiger partial charge in [-0.3, -0.25) is 4.79 Å². The fourth-order valence-electron chi connectivity index (χ4n) is 4.06. The Morgan fingerprint density at radius 3 is 2.70 bits per heavy atom. The van der Waals surface area contributed by atoms with Crippen LogP contribution in [0.3, 0.4) is 0 Å². The highest BCUT2D eigenvalue weighted by atomic mass is 16.6. The average Bonchev–Trinajstić information content (AvgIpc) is 3.16. The van der Waals surface area contributed by atoms with Crippen LogP contribution in [0.4, 0.5) is 4.79 Å². The van der Waals surface area contributed by atoms with Gasteiger partial charge in [-0.05, 0) is 44.6 Å². The summed E-state index contributed by atoms with van der Waals surface area (Å²) >= 11 is 0. The van der Waals surface area contributed by atoms with E-state index in [4.69, 9.17) is 9.47 Å². The van der Waals surface area contributed by atoms with Crippen LogP contribution < -0.4 is 0 Å². The minimum absolute atomic E-state index is 0.0948. The number of nitriles is 1. The molecule has 2 aliphatic heterocycles. The number of hydrogen-bond donors (Lipinski definition) is 0. The van der Waals surface area contributed by atoms with E-state index in [2.05, 4.69) is 6.07 Å². The standard InChI is InChI=1S/C21H26N2O4/c1-21(2)12-16(13-27-21)10-17(8-9-22)19(24)23-18(14-26-20(23)25)11-15-6-4-3-5-7-15/h3-7,16-18H,8,10-14H2,1-2H3. The van der Waals surface area contributed by atoms with Gasteiger partial charge >= 0.3 is 6.09 Å². The number of carbonyl (C=O) groups excluding carboxylic acids is 2. The maximum absolute atomic E-state index is 13.1. The highest BCUT2D eigenvalue weighted by Gasteiger charge is 2.42. The first-order valence-corrected chi connectivity index (χ1v) is 9.44. The summed E-state index contributed by atoms with van der Waals surface area (Å²) in [6, 6.07) is 11.5. The van der Waals surface area contributed by atoms with E-state index < -0.39 is 12.0 Å². The molecule has 1 aromatic rings. The second-order valence-electron chi connectivity index (χ2n) is 8.06. The molecule has 3 unspecified atom stereocenters. The van der Waals surface area contributed by atoms with Crippen LogP contribution in [0.2, 0.25) is 0 Å². The van der Waals surface area contributed by atoms with E-state index in [1.54, 1.807) is 0 Å². The third kappa shape index (κ3) is 4.67. The van der Waals surface area contributed by atoms with Gasteiger partial charge in [0.15, 0.2) is 0 Å². The minimum Gasteiger partial charge on any atom is -0.447 e. The Bertz CT molecular complexity index is 725. The molecule has 2 saturated heterocycles. The van der Waals surface area contributed by atoms with E-state index in [0.717, 1.165) is 12.0 Å². The molecule has 2 heterocycles. The Balaban J connectivity index is 1.71. The molecule has 2 amide bonds. The number of ether oxygens (including phenoxy) is 2. The van der Waals surface area contributed by atoms with E-state index in [-0.39, 0.29) is 36.5 Å². The first-order chi connectivity index (χ1) is 12.9. The van der Waals surface area contributed by atoms with Gasteiger partial charge in [0.05, 0.1) is 30.2 Å². The van der Waals surface area contributed by atoms with Gasteiger partial charge in [-0.2, -0.15) is 5.26 Å². The third-order valence-corrected chi connectivity index (χ3v) is 5.31. The van der Waals surface area contributed by atoms with Crippen LogP contribution in [0, 0.1) is 23.2 Å². The number of rotatable bonds is 6. The zero-order chi connectivity index (χ0) is 19.4. The Kier molecular flexibility index (Phi) is 5.81. The topological polar surface area (TPSA) is 79.6 Å². The largest absolute Gasteiger partial charge is 0.447 e. The summed E-state index contributed by atoms with van der Waals surface area (Å²) in [5.41, 5.74) is 0.842. The molecule has 0 bridgehead atoms. The summed E-state index contributed by atoms with van der Waals surface area (Å²) in [4.78, 5) is 26.6. The third-order valence-electron chi connectivity index (χ3n) is 5.31. The van der Waals surface area contributed by atoms with E-state index in [0.29, 0.717) is 19.4 Å². The zero-order valence-electron chi connectivity index (χ0n) is 15.9. The van der Waals surface area contributed by atoms with Crippen molar-refractivity contribution in [2.24, 2.45) is 11.8 Å². The molecule has 6 heteroatoms. The molecule has 6 nitrogen and oxygen atoms in total. The van der Waals surface area contributed by atoms with E-state index >= 15 is 0 Å². The molecule has 27 heavy (non-hydrogen) atoms. The molecule has 0 radical (unpaired) electrons. The predicted octanol–water partition coefficient (Wildman–Crippen LogP) is 3.31. The summed E-state index contributed by atoms with van der Waals surface area (Å²) < 4.78 is 10.9. The lowest BCUT2D eigenvalue weighted by Crippen LogP contribution is -2.44. The summed E-state index contributed by atoms with van der Waals surface area (Å²) in [6.07, 6.45) is 1.44. The molecule has 0 spiro atoms. The van der Waals surface area contributed by atoms with Gasteiger partial charge in [-0.1, -0.05) is 30.3 Å². The quantitative estimate of drug-likeness (QED) is 0.767. The van der Waals surface area contributed by atoms with Crippen molar-refractivity contribution in [3.63, 3.8) is 0 Å². The molecule has 0 saturated carbocycles. The number of hydrogen-bond acceptors (Lipinski definition) is 5. The van der Waals surface area contributed by atoms with Crippen molar-refractivity contribution in [2.75, 3.05) is 13.2 Å². The fraction of sp³-hybridized carbons (Fsp3) is 0.571. The van der Waals surface area contributed by atoms with Crippen LogP contribution in [0.5, 0.6) is 0 Å². The molecule has 0 aliphatic carbocycles. The van der Waals surface area contributed by atoms with E-state index in [1.807, 2.05) is 44.2 Å². The lowest BCUT2D eigenvalue weighted by Gasteiger charge is -2.25. The van der Waals surface area contributed by atoms with Crippen LogP contribution in [-0.2, 0) is 20.7 Å². The maximum atomic E-state index is 13.1. The van der Waals surface area contributed by atoms with Crippen LogP contribution in [-0.4, -0.2) is 41.8 Å². The second-order valence-corrected chi connectivity index (χ2v) is 8.06. The SMILES string of the molecule is CC1(C)CC(CC(CC#N)C(=O)N2C(=O)OCC2Cc2ccccc2)CO1. The molecular formula is C21H26N2O4. The van der Waals surface area contributed by atoms with Gasteiger partial charge in [0, 0.05) is 6.42 Å². The van der Waals surface area contributed by atoms with Crippen LogP contribution >= 0.6 is 0 Å². The Labute approximate surface area is 160 Å². The number of amides is 2. The Morgan fingerprint density at radius 1 is 1.33 bits per heavy atom. The van der Waals surface area contributed by atoms with Crippen molar-refractivity contribution in [2.45, 2.75) is 51.2 Å². The van der Waals surface area contributed by atoms with Crippen molar-refractivity contribution in [1.82, 2.24) is 4.90 Å². The van der Waals surface area contributed by atoms with Crippen LogP contribution in [0.1, 0.15) is 38.7 Å². The number of cyclic esters (lactones) is 1. The van der Waals surface area contributed by atoms with Crippen molar-refractivity contribution in [3.8, 4) is 6.07 Å². The van der Waals surface area contributed by atoms with E-state index in [1.165, 1.54) is 4.90 Å². The number of nitrogens with zero attached hydrogens (tertiary/aromatic N) is 2. The van der Waals surface area contributed by atoms with Gasteiger partial charge in [-0.25, -0.2) is 9.69 Å². The first kappa shape index (κ1) is 19.4. The van der Waals surface area contributed by atoms with E-state index in [9.17, 15) is 14.9 Å². The highest BCUT2D eigenvalue weighted by Crippen LogP contribution is 2.34. The van der Waals surface area contributed by atoms with Gasteiger partial charge in [-0.15, -0.1) is 0 Å². The molecular weight excluding hydrogens is 344 g/mol. The summed E-state index contributed by atoms with van der Waals surface area (Å²) in [5, 5.41) is 9.20. The van der Waals surface area contributed by atoms with Gasteiger partial charge < -0.3 is 9.47 Å². The van der Waals surface area contributed by atoms with Crippen molar-refractivity contribution >= 4 is 12.0 Å². The van der Waals surface area contributed by atoms with Gasteiger partial charge in [0.1, 0.15) is 6.61 Å². The van der Waals surface area contributed by atoms with Crippen LogP contribution in [0.25, 0.3) is 0 Å². The summed E-state index contributed by atoms with van der Waals surface area (Å²) in [6.45, 7) is 4.84. The average molecular weight is 370 g/mol. The summed E-state index contributed by atoms with van der Waals surface area (Å²) in [5.74, 6) is -0.598. The second kappa shape index (κ2) is 8.10. The van der Waals surface area contributed by atoms with Crippen molar-refractivity contribution < 1.29 is 19.1 Å². The van der Waals surface area contributed by atoms with Crippen molar-refractivity contribution in [3.05, 3.63) is 35.9 Å². The molecule has 2 aliphatic rings. The fourth-order valence-corrected chi connectivity index (χ4v) is 4.06. The normalized spacial score (nSPS) is 25.1. The minimum atomic E-state index is -0.605. The van der Waals surface area contributed by atoms with Crippen molar-refractivity contribution in [1.29, 1.82) is 5.26 Å². The van der Waals surface area contributed by atoms with Gasteiger partial charge in [0.25, 0.3) is 0 Å². The lowest BCUT2D eigenvalue weighted by atomic mass is 9.87. The molecule has 3 atom stereocenters. The molecule has 1 aromatic carbocycles. The summed E-state index contributed by atoms with van der Waals surface area (Å²) in [7, 11) is 0. The monoisotopic (exact) mass is 370 g/mol. The highest BCUT2D eigenvalue weighted by molar-refractivity contribution is 5.95. The smallest absolute Gasteiger partial charge is 0.416 e. The molecule has 0 N–H and O–H groups in total. The molecule has 3 rings (SSSR count). The maximum Gasteiger partial charge on any atom is 0.416 e. The Hall–Kier alpha value is -2.39. The molecule has 0 aromatic heterocycles. The lowest BCUT2D eigenvalue weighted by molar-refractivity contribution is -0.133. The van der Waals surface area contributed by atoms with Gasteiger partial charge in [0.2, 0.25) is 5.91 Å². The number of benzene rings is 1. The number of imide groups is 1. The number of carbonyl (C=O) groups is 2. The van der Waals surface area contributed by atoms with Crippen LogP contribution in [0.15, 0.2) is 30.3 Å². The first-order valence-electron chi connectivity index (χ1n) is 9.44.